The Morgan fingerprint density at radius 1 is 0.889 bits per heavy atom. The number of anilines is 3. The molecule has 0 bridgehead atoms. The van der Waals surface area contributed by atoms with Crippen molar-refractivity contribution in [2.75, 3.05) is 16.4 Å². The highest BCUT2D eigenvalue weighted by atomic mass is 35.5. The SMILES string of the molecule is Nc1ccc(F)c(NC(=O)c2cc(NC(=O)C3[C@H](c4ccc(Cl)c(Cl)c4)C3(Cl)Cl)cc(F)c2Cl)c1F. The van der Waals surface area contributed by atoms with Crippen LogP contribution in [0.2, 0.25) is 15.1 Å². The highest BCUT2D eigenvalue weighted by Crippen LogP contribution is 2.65. The highest BCUT2D eigenvalue weighted by Gasteiger charge is 2.67. The molecular formula is C23H13Cl5F3N3O2. The molecule has 36 heavy (non-hydrogen) atoms. The van der Waals surface area contributed by atoms with Crippen LogP contribution in [0, 0.1) is 23.4 Å². The molecule has 13 heteroatoms. The Hall–Kier alpha value is -2.36. The predicted molar refractivity (Wildman–Crippen MR) is 136 cm³/mol. The Bertz CT molecular complexity index is 1420. The van der Waals surface area contributed by atoms with Gasteiger partial charge in [-0.1, -0.05) is 40.9 Å². The Morgan fingerprint density at radius 3 is 2.25 bits per heavy atom. The van der Waals surface area contributed by atoms with Gasteiger partial charge in [-0.3, -0.25) is 9.59 Å². The van der Waals surface area contributed by atoms with Crippen molar-refractivity contribution >= 4 is 86.9 Å². The van der Waals surface area contributed by atoms with Crippen molar-refractivity contribution < 1.29 is 22.8 Å². The summed E-state index contributed by atoms with van der Waals surface area (Å²) in [5, 5.41) is 4.31. The van der Waals surface area contributed by atoms with Crippen LogP contribution in [0.25, 0.3) is 0 Å². The zero-order chi connectivity index (χ0) is 26.5. The van der Waals surface area contributed by atoms with Gasteiger partial charge in [-0.15, -0.1) is 23.2 Å². The molecule has 1 aliphatic rings. The summed E-state index contributed by atoms with van der Waals surface area (Å²) in [4.78, 5) is 25.6. The second-order valence-corrected chi connectivity index (χ2v) is 10.5. The van der Waals surface area contributed by atoms with Crippen molar-refractivity contribution in [1.82, 2.24) is 0 Å². The molecule has 0 radical (unpaired) electrons. The van der Waals surface area contributed by atoms with Gasteiger partial charge in [0.25, 0.3) is 5.91 Å². The van der Waals surface area contributed by atoms with Crippen LogP contribution in [0.1, 0.15) is 21.8 Å². The fraction of sp³-hybridized carbons (Fsp3) is 0.130. The zero-order valence-corrected chi connectivity index (χ0v) is 21.4. The van der Waals surface area contributed by atoms with Crippen LogP contribution < -0.4 is 16.4 Å². The van der Waals surface area contributed by atoms with E-state index in [0.717, 1.165) is 24.3 Å². The largest absolute Gasteiger partial charge is 0.396 e. The standard InChI is InChI=1S/C23H13Cl5F3N3O2/c24-11-2-1-8(5-12(11)25)16-17(23(16,27)28)22(36)33-9-6-10(18(26)14(30)7-9)21(35)34-20-13(29)3-4-15(32)19(20)31/h1-7,16-17H,32H2,(H,33,36)(H,34,35)/t16-,17?/m0/s1. The molecule has 0 spiro atoms. The summed E-state index contributed by atoms with van der Waals surface area (Å²) < 4.78 is 41.2. The summed E-state index contributed by atoms with van der Waals surface area (Å²) in [5.74, 6) is -6.84. The van der Waals surface area contributed by atoms with E-state index in [2.05, 4.69) is 5.32 Å². The van der Waals surface area contributed by atoms with Crippen molar-refractivity contribution in [2.24, 2.45) is 5.92 Å². The summed E-state index contributed by atoms with van der Waals surface area (Å²) in [6, 6.07) is 8.38. The van der Waals surface area contributed by atoms with Crippen molar-refractivity contribution in [3.63, 3.8) is 0 Å². The van der Waals surface area contributed by atoms with Gasteiger partial charge in [0.05, 0.1) is 32.2 Å². The summed E-state index contributed by atoms with van der Waals surface area (Å²) >= 11 is 30.5. The molecule has 0 heterocycles. The molecule has 4 N–H and O–H groups in total. The van der Waals surface area contributed by atoms with Gasteiger partial charge in [-0.05, 0) is 42.0 Å². The van der Waals surface area contributed by atoms with Crippen LogP contribution in [0.3, 0.4) is 0 Å². The van der Waals surface area contributed by atoms with E-state index in [-0.39, 0.29) is 10.7 Å². The smallest absolute Gasteiger partial charge is 0.257 e. The molecule has 1 unspecified atom stereocenters. The number of carbonyl (C=O) groups excluding carboxylic acids is 2. The number of benzene rings is 3. The molecule has 0 aromatic heterocycles. The molecule has 1 fully saturated rings. The zero-order valence-electron chi connectivity index (χ0n) is 17.6. The molecule has 3 aromatic rings. The summed E-state index contributed by atoms with van der Waals surface area (Å²) in [5.41, 5.74) is 4.01. The first kappa shape index (κ1) is 26.7. The van der Waals surface area contributed by atoms with Crippen LogP contribution in [0.5, 0.6) is 0 Å². The van der Waals surface area contributed by atoms with Gasteiger partial charge in [0, 0.05) is 11.6 Å². The fourth-order valence-electron chi connectivity index (χ4n) is 3.68. The van der Waals surface area contributed by atoms with E-state index >= 15 is 0 Å². The molecular weight excluding hydrogens is 585 g/mol. The lowest BCUT2D eigenvalue weighted by Crippen LogP contribution is -2.19. The molecule has 1 aliphatic carbocycles. The maximum atomic E-state index is 14.5. The first-order chi connectivity index (χ1) is 16.8. The molecule has 2 atom stereocenters. The summed E-state index contributed by atoms with van der Waals surface area (Å²) in [6.45, 7) is 0. The topological polar surface area (TPSA) is 84.2 Å². The average molecular weight is 598 g/mol. The molecule has 4 rings (SSSR count). The van der Waals surface area contributed by atoms with Gasteiger partial charge < -0.3 is 16.4 Å². The number of hydrogen-bond acceptors (Lipinski definition) is 3. The van der Waals surface area contributed by atoms with Gasteiger partial charge in [-0.2, -0.15) is 0 Å². The lowest BCUT2D eigenvalue weighted by molar-refractivity contribution is -0.117. The summed E-state index contributed by atoms with van der Waals surface area (Å²) in [7, 11) is 0. The Morgan fingerprint density at radius 2 is 1.58 bits per heavy atom. The van der Waals surface area contributed by atoms with Crippen LogP contribution in [-0.2, 0) is 4.79 Å². The summed E-state index contributed by atoms with van der Waals surface area (Å²) in [6.07, 6.45) is 0. The molecule has 3 aromatic carbocycles. The number of carbonyl (C=O) groups is 2. The number of halogens is 8. The van der Waals surface area contributed by atoms with E-state index in [9.17, 15) is 22.8 Å². The average Bonchev–Trinajstić information content (AvgIpc) is 3.39. The molecule has 0 saturated heterocycles. The van der Waals surface area contributed by atoms with Gasteiger partial charge in [0.2, 0.25) is 5.91 Å². The van der Waals surface area contributed by atoms with Crippen molar-refractivity contribution in [1.29, 1.82) is 0 Å². The van der Waals surface area contributed by atoms with Crippen molar-refractivity contribution in [3.05, 3.63) is 86.1 Å². The maximum Gasteiger partial charge on any atom is 0.257 e. The molecule has 2 amide bonds. The third-order valence-corrected chi connectivity index (χ3v) is 7.60. The van der Waals surface area contributed by atoms with E-state index in [1.165, 1.54) is 12.1 Å². The Labute approximate surface area is 227 Å². The lowest BCUT2D eigenvalue weighted by Gasteiger charge is -2.12. The molecule has 188 valence electrons. The number of nitrogens with one attached hydrogen (secondary N) is 2. The van der Waals surface area contributed by atoms with E-state index in [1.807, 2.05) is 5.32 Å². The minimum absolute atomic E-state index is 0.176. The number of hydrogen-bond donors (Lipinski definition) is 3. The number of rotatable bonds is 5. The minimum atomic E-state index is -1.49. The quantitative estimate of drug-likeness (QED) is 0.211. The highest BCUT2D eigenvalue weighted by molar-refractivity contribution is 6.53. The second kappa shape index (κ2) is 9.84. The Kier molecular flexibility index (Phi) is 7.29. The third-order valence-electron chi connectivity index (χ3n) is 5.54. The van der Waals surface area contributed by atoms with Crippen molar-refractivity contribution in [3.8, 4) is 0 Å². The monoisotopic (exact) mass is 595 g/mol. The second-order valence-electron chi connectivity index (χ2n) is 7.89. The predicted octanol–water partition coefficient (Wildman–Crippen LogP) is 7.42. The van der Waals surface area contributed by atoms with Crippen LogP contribution in [0.4, 0.5) is 30.2 Å². The van der Waals surface area contributed by atoms with Gasteiger partial charge in [-0.25, -0.2) is 13.2 Å². The maximum absolute atomic E-state index is 14.5. The number of amides is 2. The third kappa shape index (κ3) is 4.93. The van der Waals surface area contributed by atoms with Gasteiger partial charge in [0.1, 0.15) is 21.7 Å². The molecule has 5 nitrogen and oxygen atoms in total. The lowest BCUT2D eigenvalue weighted by atomic mass is 10.1. The normalized spacial score (nSPS) is 18.0. The van der Waals surface area contributed by atoms with Gasteiger partial charge >= 0.3 is 0 Å². The van der Waals surface area contributed by atoms with Crippen molar-refractivity contribution in [2.45, 2.75) is 10.3 Å². The number of nitrogens with two attached hydrogens (primary N) is 1. The molecule has 0 aliphatic heterocycles. The van der Waals surface area contributed by atoms with E-state index in [0.29, 0.717) is 10.6 Å². The van der Waals surface area contributed by atoms with Gasteiger partial charge in [0.15, 0.2) is 5.82 Å². The number of alkyl halides is 2. The first-order valence-electron chi connectivity index (χ1n) is 10.0. The van der Waals surface area contributed by atoms with E-state index in [4.69, 9.17) is 63.7 Å². The fourth-order valence-corrected chi connectivity index (χ4v) is 5.01. The van der Waals surface area contributed by atoms with Crippen LogP contribution in [0.15, 0.2) is 42.5 Å². The Balaban J connectivity index is 1.57. The van der Waals surface area contributed by atoms with Crippen LogP contribution >= 0.6 is 58.0 Å². The van der Waals surface area contributed by atoms with E-state index < -0.39 is 67.4 Å². The van der Waals surface area contributed by atoms with E-state index in [1.54, 1.807) is 6.07 Å². The molecule has 1 saturated carbocycles. The van der Waals surface area contributed by atoms with Crippen LogP contribution in [-0.4, -0.2) is 16.1 Å². The minimum Gasteiger partial charge on any atom is -0.396 e. The first-order valence-corrected chi connectivity index (χ1v) is 11.9. The number of nitrogen functional groups attached to an aromatic ring is 1.